The normalized spacial score (nSPS) is 20.2. The molecule has 5 nitrogen and oxygen atoms in total. The van der Waals surface area contributed by atoms with E-state index < -0.39 is 0 Å². The summed E-state index contributed by atoms with van der Waals surface area (Å²) in [6.07, 6.45) is 0. The van der Waals surface area contributed by atoms with Crippen molar-refractivity contribution < 1.29 is 14.6 Å². The number of benzene rings is 2. The lowest BCUT2D eigenvalue weighted by molar-refractivity contribution is -1.02. The lowest BCUT2D eigenvalue weighted by atomic mass is 10.1. The predicted octanol–water partition coefficient (Wildman–Crippen LogP) is -1.02. The number of amides is 1. The third kappa shape index (κ3) is 5.05. The Morgan fingerprint density at radius 3 is 2.28 bits per heavy atom. The van der Waals surface area contributed by atoms with Crippen LogP contribution in [0.5, 0.6) is 0 Å². The Hall–Kier alpha value is -2.37. The fourth-order valence-corrected chi connectivity index (χ4v) is 3.42. The van der Waals surface area contributed by atoms with Crippen LogP contribution in [0, 0.1) is 0 Å². The van der Waals surface area contributed by atoms with E-state index in [2.05, 4.69) is 35.6 Å². The third-order valence-corrected chi connectivity index (χ3v) is 4.93. The standard InChI is InChI=1S/C20H26N4O/c21-19-9-5-4-8-18(19)20(25)22-10-11-23-12-14-24(15-13-23)16-17-6-2-1-3-7-17/h1-9H,10-16,21H2,(H,22,25)/p+2. The molecule has 1 aliphatic rings. The van der Waals surface area contributed by atoms with Gasteiger partial charge in [0.25, 0.3) is 5.91 Å². The molecule has 1 aliphatic heterocycles. The molecule has 0 radical (unpaired) electrons. The molecule has 0 spiro atoms. The molecule has 0 saturated carbocycles. The van der Waals surface area contributed by atoms with Gasteiger partial charge in [-0.05, 0) is 12.1 Å². The topological polar surface area (TPSA) is 64.0 Å². The van der Waals surface area contributed by atoms with Crippen LogP contribution in [0.4, 0.5) is 5.69 Å². The molecule has 2 aromatic carbocycles. The number of para-hydroxylation sites is 1. The SMILES string of the molecule is Nc1ccccc1C(=O)NCC[NH+]1CC[NH+](Cc2ccccc2)CC1. The highest BCUT2D eigenvalue weighted by Crippen LogP contribution is 2.09. The minimum atomic E-state index is -0.0779. The maximum Gasteiger partial charge on any atom is 0.253 e. The van der Waals surface area contributed by atoms with Gasteiger partial charge >= 0.3 is 0 Å². The summed E-state index contributed by atoms with van der Waals surface area (Å²) in [6.45, 7) is 7.45. The number of piperazine rings is 1. The highest BCUT2D eigenvalue weighted by Gasteiger charge is 2.22. The summed E-state index contributed by atoms with van der Waals surface area (Å²) in [5.41, 5.74) is 8.35. The van der Waals surface area contributed by atoms with Gasteiger partial charge in [0, 0.05) is 11.3 Å². The largest absolute Gasteiger partial charge is 0.398 e. The molecule has 0 unspecified atom stereocenters. The maximum atomic E-state index is 12.2. The van der Waals surface area contributed by atoms with Gasteiger partial charge in [-0.1, -0.05) is 42.5 Å². The maximum absolute atomic E-state index is 12.2. The number of carbonyl (C=O) groups is 1. The van der Waals surface area contributed by atoms with Crippen LogP contribution in [-0.2, 0) is 6.54 Å². The second kappa shape index (κ2) is 8.65. The van der Waals surface area contributed by atoms with Gasteiger partial charge in [0.05, 0.1) is 18.7 Å². The van der Waals surface area contributed by atoms with E-state index >= 15 is 0 Å². The Bertz CT molecular complexity index is 681. The number of nitrogens with two attached hydrogens (primary N) is 1. The molecular weight excluding hydrogens is 312 g/mol. The van der Waals surface area contributed by atoms with Gasteiger partial charge in [-0.2, -0.15) is 0 Å². The highest BCUT2D eigenvalue weighted by atomic mass is 16.1. The third-order valence-electron chi connectivity index (χ3n) is 4.93. The number of rotatable bonds is 6. The van der Waals surface area contributed by atoms with Crippen LogP contribution in [-0.4, -0.2) is 45.2 Å². The van der Waals surface area contributed by atoms with Crippen LogP contribution in [0.1, 0.15) is 15.9 Å². The number of quaternary nitrogens is 2. The zero-order valence-corrected chi connectivity index (χ0v) is 14.6. The molecule has 0 aliphatic carbocycles. The second-order valence-electron chi connectivity index (χ2n) is 6.76. The lowest BCUT2D eigenvalue weighted by Gasteiger charge is -2.29. The average Bonchev–Trinajstić information content (AvgIpc) is 2.64. The van der Waals surface area contributed by atoms with Crippen LogP contribution < -0.4 is 20.9 Å². The monoisotopic (exact) mass is 340 g/mol. The summed E-state index contributed by atoms with van der Waals surface area (Å²) in [5.74, 6) is -0.0779. The molecule has 2 aromatic rings. The summed E-state index contributed by atoms with van der Waals surface area (Å²) in [7, 11) is 0. The van der Waals surface area contributed by atoms with Crippen molar-refractivity contribution in [3.63, 3.8) is 0 Å². The predicted molar refractivity (Wildman–Crippen MR) is 99.6 cm³/mol. The zero-order chi connectivity index (χ0) is 17.5. The number of hydrogen-bond acceptors (Lipinski definition) is 2. The molecule has 1 heterocycles. The number of hydrogen-bond donors (Lipinski definition) is 4. The van der Waals surface area contributed by atoms with Gasteiger partial charge in [0.15, 0.2) is 0 Å². The molecule has 0 aromatic heterocycles. The van der Waals surface area contributed by atoms with Crippen molar-refractivity contribution in [2.45, 2.75) is 6.54 Å². The van der Waals surface area contributed by atoms with Gasteiger partial charge in [0.2, 0.25) is 0 Å². The molecule has 1 saturated heterocycles. The van der Waals surface area contributed by atoms with Gasteiger partial charge < -0.3 is 20.9 Å². The molecule has 1 amide bonds. The molecule has 0 atom stereocenters. The van der Waals surface area contributed by atoms with E-state index in [1.807, 2.05) is 12.1 Å². The Labute approximate surface area is 149 Å². The first-order chi connectivity index (χ1) is 12.2. The summed E-state index contributed by atoms with van der Waals surface area (Å²) >= 11 is 0. The van der Waals surface area contributed by atoms with Crippen LogP contribution in [0.3, 0.4) is 0 Å². The Morgan fingerprint density at radius 2 is 1.56 bits per heavy atom. The highest BCUT2D eigenvalue weighted by molar-refractivity contribution is 5.99. The van der Waals surface area contributed by atoms with Crippen LogP contribution in [0.2, 0.25) is 0 Å². The van der Waals surface area contributed by atoms with E-state index in [0.29, 0.717) is 17.8 Å². The number of nitrogen functional groups attached to an aromatic ring is 1. The van der Waals surface area contributed by atoms with E-state index in [1.54, 1.807) is 21.9 Å². The van der Waals surface area contributed by atoms with Gasteiger partial charge in [0.1, 0.15) is 32.7 Å². The first kappa shape index (κ1) is 17.5. The zero-order valence-electron chi connectivity index (χ0n) is 14.6. The van der Waals surface area contributed by atoms with Crippen molar-refractivity contribution in [3.8, 4) is 0 Å². The minimum absolute atomic E-state index is 0.0779. The van der Waals surface area contributed by atoms with Gasteiger partial charge in [-0.25, -0.2) is 0 Å². The molecule has 132 valence electrons. The van der Waals surface area contributed by atoms with Crippen molar-refractivity contribution in [2.75, 3.05) is 45.0 Å². The lowest BCUT2D eigenvalue weighted by Crippen LogP contribution is -3.27. The summed E-state index contributed by atoms with van der Waals surface area (Å²) < 4.78 is 0. The second-order valence-corrected chi connectivity index (χ2v) is 6.76. The molecule has 25 heavy (non-hydrogen) atoms. The molecule has 1 fully saturated rings. The molecular formula is C20H28N4O+2. The smallest absolute Gasteiger partial charge is 0.253 e. The molecule has 3 rings (SSSR count). The van der Waals surface area contributed by atoms with E-state index in [-0.39, 0.29) is 5.91 Å². The number of anilines is 1. The number of carbonyl (C=O) groups excluding carboxylic acids is 1. The van der Waals surface area contributed by atoms with Crippen LogP contribution in [0.15, 0.2) is 54.6 Å². The number of nitrogens with one attached hydrogen (secondary N) is 3. The summed E-state index contributed by atoms with van der Waals surface area (Å²) in [4.78, 5) is 15.4. The first-order valence-corrected chi connectivity index (χ1v) is 9.06. The van der Waals surface area contributed by atoms with Crippen LogP contribution >= 0.6 is 0 Å². The summed E-state index contributed by atoms with van der Waals surface area (Å²) in [6, 6.07) is 17.9. The fourth-order valence-electron chi connectivity index (χ4n) is 3.42. The minimum Gasteiger partial charge on any atom is -0.398 e. The molecule has 5 N–H and O–H groups in total. The fraction of sp³-hybridized carbons (Fsp3) is 0.350. The van der Waals surface area contributed by atoms with Crippen molar-refractivity contribution in [2.24, 2.45) is 0 Å². The Balaban J connectivity index is 1.37. The first-order valence-electron chi connectivity index (χ1n) is 9.06. The molecule has 0 bridgehead atoms. The van der Waals surface area contributed by atoms with E-state index in [4.69, 9.17) is 5.73 Å². The van der Waals surface area contributed by atoms with Crippen molar-refractivity contribution in [1.82, 2.24) is 5.32 Å². The molecule has 5 heteroatoms. The quantitative estimate of drug-likeness (QED) is 0.509. The van der Waals surface area contributed by atoms with Crippen molar-refractivity contribution in [3.05, 3.63) is 65.7 Å². The average molecular weight is 340 g/mol. The van der Waals surface area contributed by atoms with Gasteiger partial charge in [-0.3, -0.25) is 4.79 Å². The van der Waals surface area contributed by atoms with Crippen LogP contribution in [0.25, 0.3) is 0 Å². The van der Waals surface area contributed by atoms with E-state index in [1.165, 1.54) is 18.7 Å². The van der Waals surface area contributed by atoms with Gasteiger partial charge in [-0.15, -0.1) is 0 Å². The Kier molecular flexibility index (Phi) is 6.04. The Morgan fingerprint density at radius 1 is 0.920 bits per heavy atom. The van der Waals surface area contributed by atoms with Crippen molar-refractivity contribution in [1.29, 1.82) is 0 Å². The summed E-state index contributed by atoms with van der Waals surface area (Å²) in [5, 5.41) is 2.99. The van der Waals surface area contributed by atoms with E-state index in [0.717, 1.165) is 26.2 Å². The van der Waals surface area contributed by atoms with E-state index in [9.17, 15) is 4.79 Å². The van der Waals surface area contributed by atoms with Crippen molar-refractivity contribution >= 4 is 11.6 Å².